The maximum atomic E-state index is 12.4. The van der Waals surface area contributed by atoms with Crippen LogP contribution in [-0.2, 0) is 9.53 Å². The lowest BCUT2D eigenvalue weighted by atomic mass is 10.2. The summed E-state index contributed by atoms with van der Waals surface area (Å²) in [4.78, 5) is 27.5. The molecule has 7 nitrogen and oxygen atoms in total. The number of quaternary nitrogens is 1. The van der Waals surface area contributed by atoms with Gasteiger partial charge in [0.2, 0.25) is 0 Å². The zero-order valence-corrected chi connectivity index (χ0v) is 16.2. The predicted molar refractivity (Wildman–Crippen MR) is 107 cm³/mol. The van der Waals surface area contributed by atoms with Crippen molar-refractivity contribution in [2.24, 2.45) is 0 Å². The number of carbonyl (C=O) groups is 2. The summed E-state index contributed by atoms with van der Waals surface area (Å²) in [5.74, 6) is 0.368. The third-order valence-electron chi connectivity index (χ3n) is 4.89. The number of anilines is 2. The second kappa shape index (κ2) is 9.23. The van der Waals surface area contributed by atoms with Crippen molar-refractivity contribution >= 4 is 23.3 Å². The van der Waals surface area contributed by atoms with E-state index in [2.05, 4.69) is 22.3 Å². The molecule has 1 heterocycles. The van der Waals surface area contributed by atoms with E-state index in [4.69, 9.17) is 9.47 Å². The van der Waals surface area contributed by atoms with Crippen LogP contribution < -0.4 is 19.9 Å². The minimum absolute atomic E-state index is 0.0603. The molecule has 1 fully saturated rings. The van der Waals surface area contributed by atoms with Gasteiger partial charge in [0.1, 0.15) is 5.75 Å². The minimum Gasteiger partial charge on any atom is -0.497 e. The van der Waals surface area contributed by atoms with E-state index in [1.165, 1.54) is 17.7 Å². The third kappa shape index (κ3) is 5.01. The van der Waals surface area contributed by atoms with Crippen molar-refractivity contribution < 1.29 is 24.0 Å². The standard InChI is InChI=1S/C21H25N3O4/c1-27-19-8-6-18(7-9-19)24-12-10-23(11-13-24)15-20(25)22-17-5-3-4-16(14-17)21(26)28-2/h3-9,14H,10-13,15H2,1-2H3,(H,22,25)/p+1. The summed E-state index contributed by atoms with van der Waals surface area (Å²) >= 11 is 0. The summed E-state index contributed by atoms with van der Waals surface area (Å²) in [6, 6.07) is 14.8. The van der Waals surface area contributed by atoms with Gasteiger partial charge in [-0.25, -0.2) is 4.79 Å². The van der Waals surface area contributed by atoms with E-state index in [1.807, 2.05) is 12.1 Å². The van der Waals surface area contributed by atoms with Crippen LogP contribution in [0.25, 0.3) is 0 Å². The lowest BCUT2D eigenvalue weighted by molar-refractivity contribution is -0.892. The van der Waals surface area contributed by atoms with Crippen LogP contribution in [0.3, 0.4) is 0 Å². The molecule has 0 atom stereocenters. The average molecular weight is 384 g/mol. The molecule has 148 valence electrons. The zero-order valence-electron chi connectivity index (χ0n) is 16.2. The summed E-state index contributed by atoms with van der Waals surface area (Å²) in [7, 11) is 3.00. The molecule has 1 amide bonds. The van der Waals surface area contributed by atoms with Gasteiger partial charge < -0.3 is 24.6 Å². The normalized spacial score (nSPS) is 14.4. The monoisotopic (exact) mass is 384 g/mol. The number of methoxy groups -OCH3 is 2. The number of rotatable bonds is 6. The number of ether oxygens (including phenoxy) is 2. The number of hydrogen-bond acceptors (Lipinski definition) is 5. The highest BCUT2D eigenvalue weighted by Gasteiger charge is 2.22. The molecule has 28 heavy (non-hydrogen) atoms. The van der Waals surface area contributed by atoms with Gasteiger partial charge in [-0.3, -0.25) is 4.79 Å². The molecule has 1 aliphatic rings. The van der Waals surface area contributed by atoms with E-state index in [-0.39, 0.29) is 5.91 Å². The number of nitrogens with zero attached hydrogens (tertiary/aromatic N) is 1. The topological polar surface area (TPSA) is 72.3 Å². The van der Waals surface area contributed by atoms with Gasteiger partial charge in [0, 0.05) is 11.4 Å². The largest absolute Gasteiger partial charge is 0.497 e. The Morgan fingerprint density at radius 1 is 1.07 bits per heavy atom. The summed E-state index contributed by atoms with van der Waals surface area (Å²) in [6.07, 6.45) is 0. The molecule has 0 unspecified atom stereocenters. The first-order valence-corrected chi connectivity index (χ1v) is 9.30. The fraction of sp³-hybridized carbons (Fsp3) is 0.333. The molecule has 0 radical (unpaired) electrons. The van der Waals surface area contributed by atoms with E-state index in [0.717, 1.165) is 31.9 Å². The van der Waals surface area contributed by atoms with Crippen LogP contribution in [0.15, 0.2) is 48.5 Å². The summed E-state index contributed by atoms with van der Waals surface area (Å²) in [5, 5.41) is 2.87. The van der Waals surface area contributed by atoms with Gasteiger partial charge in [-0.15, -0.1) is 0 Å². The van der Waals surface area contributed by atoms with Crippen molar-refractivity contribution in [3.63, 3.8) is 0 Å². The summed E-state index contributed by atoms with van der Waals surface area (Å²) in [6.45, 7) is 3.97. The highest BCUT2D eigenvalue weighted by atomic mass is 16.5. The predicted octanol–water partition coefficient (Wildman–Crippen LogP) is 0.825. The molecule has 7 heteroatoms. The fourth-order valence-electron chi connectivity index (χ4n) is 3.32. The molecule has 0 saturated carbocycles. The Kier molecular flexibility index (Phi) is 6.49. The Labute approximate surface area is 164 Å². The average Bonchev–Trinajstić information content (AvgIpc) is 2.74. The molecule has 2 N–H and O–H groups in total. The number of nitrogens with one attached hydrogen (secondary N) is 2. The number of carbonyl (C=O) groups excluding carboxylic acids is 2. The van der Waals surface area contributed by atoms with Crippen molar-refractivity contribution in [2.75, 3.05) is 57.2 Å². The first kappa shape index (κ1) is 19.7. The molecule has 1 saturated heterocycles. The van der Waals surface area contributed by atoms with E-state index in [0.29, 0.717) is 17.8 Å². The molecule has 2 aromatic carbocycles. The first-order chi connectivity index (χ1) is 13.6. The van der Waals surface area contributed by atoms with Gasteiger partial charge in [0.05, 0.1) is 46.0 Å². The Morgan fingerprint density at radius 2 is 1.79 bits per heavy atom. The maximum Gasteiger partial charge on any atom is 0.337 e. The first-order valence-electron chi connectivity index (χ1n) is 9.30. The highest BCUT2D eigenvalue weighted by molar-refractivity contribution is 5.94. The Balaban J connectivity index is 1.49. The van der Waals surface area contributed by atoms with E-state index < -0.39 is 5.97 Å². The van der Waals surface area contributed by atoms with Crippen molar-refractivity contribution in [2.45, 2.75) is 0 Å². The van der Waals surface area contributed by atoms with Crippen LogP contribution in [-0.4, -0.2) is 58.8 Å². The minimum atomic E-state index is -0.420. The van der Waals surface area contributed by atoms with Crippen LogP contribution >= 0.6 is 0 Å². The van der Waals surface area contributed by atoms with E-state index in [9.17, 15) is 9.59 Å². The van der Waals surface area contributed by atoms with Gasteiger partial charge in [-0.05, 0) is 42.5 Å². The van der Waals surface area contributed by atoms with Crippen molar-refractivity contribution in [1.29, 1.82) is 0 Å². The lowest BCUT2D eigenvalue weighted by Crippen LogP contribution is -3.15. The lowest BCUT2D eigenvalue weighted by Gasteiger charge is -2.33. The molecule has 0 bridgehead atoms. The second-order valence-electron chi connectivity index (χ2n) is 6.73. The van der Waals surface area contributed by atoms with Gasteiger partial charge in [-0.2, -0.15) is 0 Å². The summed E-state index contributed by atoms with van der Waals surface area (Å²) < 4.78 is 9.91. The Morgan fingerprint density at radius 3 is 2.43 bits per heavy atom. The van der Waals surface area contributed by atoms with Crippen molar-refractivity contribution in [3.8, 4) is 5.75 Å². The molecule has 3 rings (SSSR count). The number of esters is 1. The second-order valence-corrected chi connectivity index (χ2v) is 6.73. The molecular formula is C21H26N3O4+. The van der Waals surface area contributed by atoms with E-state index in [1.54, 1.807) is 31.4 Å². The maximum absolute atomic E-state index is 12.4. The highest BCUT2D eigenvalue weighted by Crippen LogP contribution is 2.19. The van der Waals surface area contributed by atoms with Gasteiger partial charge in [0.25, 0.3) is 5.91 Å². The number of amides is 1. The number of benzene rings is 2. The molecule has 0 aliphatic carbocycles. The number of hydrogen-bond donors (Lipinski definition) is 2. The Bertz CT molecular complexity index is 815. The molecule has 2 aromatic rings. The Hall–Kier alpha value is -3.06. The zero-order chi connectivity index (χ0) is 19.9. The number of piperazine rings is 1. The van der Waals surface area contributed by atoms with Crippen LogP contribution in [0.4, 0.5) is 11.4 Å². The van der Waals surface area contributed by atoms with Crippen LogP contribution in [0, 0.1) is 0 Å². The van der Waals surface area contributed by atoms with Crippen molar-refractivity contribution in [3.05, 3.63) is 54.1 Å². The SMILES string of the molecule is COC(=O)c1cccc(NC(=O)C[NH+]2CCN(c3ccc(OC)cc3)CC2)c1. The van der Waals surface area contributed by atoms with Gasteiger partial charge >= 0.3 is 5.97 Å². The summed E-state index contributed by atoms with van der Waals surface area (Å²) in [5.41, 5.74) is 2.19. The molecule has 1 aliphatic heterocycles. The van der Waals surface area contributed by atoms with Gasteiger partial charge in [-0.1, -0.05) is 6.07 Å². The molecule has 0 aromatic heterocycles. The van der Waals surface area contributed by atoms with Gasteiger partial charge in [0.15, 0.2) is 6.54 Å². The fourth-order valence-corrected chi connectivity index (χ4v) is 3.32. The quantitative estimate of drug-likeness (QED) is 0.722. The third-order valence-corrected chi connectivity index (χ3v) is 4.89. The van der Waals surface area contributed by atoms with Crippen LogP contribution in [0.1, 0.15) is 10.4 Å². The van der Waals surface area contributed by atoms with Crippen LogP contribution in [0.2, 0.25) is 0 Å². The molecular weight excluding hydrogens is 358 g/mol. The molecule has 0 spiro atoms. The van der Waals surface area contributed by atoms with Crippen LogP contribution in [0.5, 0.6) is 5.75 Å². The van der Waals surface area contributed by atoms with Crippen molar-refractivity contribution in [1.82, 2.24) is 0 Å². The smallest absolute Gasteiger partial charge is 0.337 e. The van der Waals surface area contributed by atoms with E-state index >= 15 is 0 Å².